The van der Waals surface area contributed by atoms with E-state index in [4.69, 9.17) is 0 Å². The molecule has 1 N–H and O–H groups in total. The maximum Gasteiger partial charge on any atom is 0.310 e. The van der Waals surface area contributed by atoms with Crippen LogP contribution >= 0.6 is 0 Å². The maximum absolute atomic E-state index is 11.7. The standard InChI is InChI=1S/C17H31NO2/c1-3-5-14-6-8-15(9-7-14)18-12-11-17(13-18,10-4-2)16(19)20/h14-15H,3-13H2,1-2H3,(H,19,20). The first-order valence-corrected chi connectivity index (χ1v) is 8.58. The van der Waals surface area contributed by atoms with Gasteiger partial charge in [-0.3, -0.25) is 9.69 Å². The lowest BCUT2D eigenvalue weighted by molar-refractivity contribution is -0.148. The number of hydrogen-bond acceptors (Lipinski definition) is 2. The minimum Gasteiger partial charge on any atom is -0.481 e. The Bertz CT molecular complexity index is 323. The smallest absolute Gasteiger partial charge is 0.310 e. The van der Waals surface area contributed by atoms with Crippen molar-refractivity contribution in [2.75, 3.05) is 13.1 Å². The Kier molecular flexibility index (Phi) is 5.48. The van der Waals surface area contributed by atoms with E-state index in [2.05, 4.69) is 18.7 Å². The van der Waals surface area contributed by atoms with Crippen molar-refractivity contribution in [3.05, 3.63) is 0 Å². The highest BCUT2D eigenvalue weighted by atomic mass is 16.4. The third-order valence-electron chi connectivity index (χ3n) is 5.60. The SMILES string of the molecule is CCCC1CCC(N2CCC(CCC)(C(=O)O)C2)CC1. The van der Waals surface area contributed by atoms with Gasteiger partial charge in [-0.15, -0.1) is 0 Å². The lowest BCUT2D eigenvalue weighted by Gasteiger charge is -2.35. The number of aliphatic carboxylic acids is 1. The summed E-state index contributed by atoms with van der Waals surface area (Å²) >= 11 is 0. The lowest BCUT2D eigenvalue weighted by Crippen LogP contribution is -2.40. The van der Waals surface area contributed by atoms with Crippen molar-refractivity contribution in [2.24, 2.45) is 11.3 Å². The molecule has 0 aromatic carbocycles. The number of carboxylic acid groups (broad SMARTS) is 1. The van der Waals surface area contributed by atoms with Crippen LogP contribution in [0.4, 0.5) is 0 Å². The quantitative estimate of drug-likeness (QED) is 0.802. The van der Waals surface area contributed by atoms with Crippen LogP contribution in [0.15, 0.2) is 0 Å². The van der Waals surface area contributed by atoms with Gasteiger partial charge in [-0.05, 0) is 51.0 Å². The zero-order chi connectivity index (χ0) is 14.6. The second-order valence-corrected chi connectivity index (χ2v) is 7.02. The summed E-state index contributed by atoms with van der Waals surface area (Å²) in [4.78, 5) is 14.1. The molecule has 3 heteroatoms. The molecule has 1 saturated carbocycles. The highest BCUT2D eigenvalue weighted by molar-refractivity contribution is 5.75. The summed E-state index contributed by atoms with van der Waals surface area (Å²) in [5, 5.41) is 9.60. The number of rotatable bonds is 6. The van der Waals surface area contributed by atoms with E-state index in [1.165, 1.54) is 38.5 Å². The number of carboxylic acids is 1. The molecular formula is C17H31NO2. The topological polar surface area (TPSA) is 40.5 Å². The van der Waals surface area contributed by atoms with Crippen molar-refractivity contribution in [1.82, 2.24) is 4.90 Å². The van der Waals surface area contributed by atoms with Gasteiger partial charge in [0.05, 0.1) is 5.41 Å². The van der Waals surface area contributed by atoms with E-state index in [1.807, 2.05) is 0 Å². The molecule has 2 rings (SSSR count). The molecule has 116 valence electrons. The largest absolute Gasteiger partial charge is 0.481 e. The van der Waals surface area contributed by atoms with Gasteiger partial charge < -0.3 is 5.11 Å². The van der Waals surface area contributed by atoms with E-state index >= 15 is 0 Å². The molecule has 20 heavy (non-hydrogen) atoms. The molecule has 1 aliphatic heterocycles. The number of carbonyl (C=O) groups is 1. The van der Waals surface area contributed by atoms with E-state index < -0.39 is 11.4 Å². The number of likely N-dealkylation sites (tertiary alicyclic amines) is 1. The van der Waals surface area contributed by atoms with Crippen LogP contribution < -0.4 is 0 Å². The van der Waals surface area contributed by atoms with Crippen LogP contribution in [0.2, 0.25) is 0 Å². The van der Waals surface area contributed by atoms with Gasteiger partial charge in [0, 0.05) is 12.6 Å². The highest BCUT2D eigenvalue weighted by Crippen LogP contribution is 2.39. The molecule has 0 spiro atoms. The second-order valence-electron chi connectivity index (χ2n) is 7.02. The van der Waals surface area contributed by atoms with Gasteiger partial charge in [-0.25, -0.2) is 0 Å². The van der Waals surface area contributed by atoms with Gasteiger partial charge in [0.2, 0.25) is 0 Å². The zero-order valence-corrected chi connectivity index (χ0v) is 13.2. The van der Waals surface area contributed by atoms with Crippen molar-refractivity contribution < 1.29 is 9.90 Å². The average Bonchev–Trinajstić information content (AvgIpc) is 2.86. The average molecular weight is 281 g/mol. The molecule has 1 aliphatic carbocycles. The minimum atomic E-state index is -0.568. The Hall–Kier alpha value is -0.570. The van der Waals surface area contributed by atoms with Crippen LogP contribution in [0.25, 0.3) is 0 Å². The molecule has 1 saturated heterocycles. The summed E-state index contributed by atoms with van der Waals surface area (Å²) in [6.07, 6.45) is 10.6. The predicted octanol–water partition coefficient (Wildman–Crippen LogP) is 3.92. The Labute approximate surface area is 123 Å². The predicted molar refractivity (Wildman–Crippen MR) is 81.8 cm³/mol. The van der Waals surface area contributed by atoms with Gasteiger partial charge in [-0.2, -0.15) is 0 Å². The van der Waals surface area contributed by atoms with Crippen molar-refractivity contribution in [3.63, 3.8) is 0 Å². The molecule has 1 atom stereocenters. The van der Waals surface area contributed by atoms with Gasteiger partial charge in [0.1, 0.15) is 0 Å². The Morgan fingerprint density at radius 3 is 2.45 bits per heavy atom. The van der Waals surface area contributed by atoms with E-state index in [1.54, 1.807) is 0 Å². The van der Waals surface area contributed by atoms with Gasteiger partial charge in [0.25, 0.3) is 0 Å². The molecule has 0 radical (unpaired) electrons. The highest BCUT2D eigenvalue weighted by Gasteiger charge is 2.45. The van der Waals surface area contributed by atoms with E-state index in [0.717, 1.165) is 38.3 Å². The summed E-state index contributed by atoms with van der Waals surface area (Å²) in [6, 6.07) is 0.654. The normalized spacial score (nSPS) is 35.3. The molecule has 0 amide bonds. The van der Waals surface area contributed by atoms with Crippen LogP contribution in [-0.4, -0.2) is 35.1 Å². The monoisotopic (exact) mass is 281 g/mol. The van der Waals surface area contributed by atoms with E-state index in [0.29, 0.717) is 6.04 Å². The molecule has 1 heterocycles. The van der Waals surface area contributed by atoms with Crippen molar-refractivity contribution in [2.45, 2.75) is 77.7 Å². The first kappa shape index (κ1) is 15.8. The fourth-order valence-electron chi connectivity index (χ4n) is 4.39. The molecule has 3 nitrogen and oxygen atoms in total. The molecule has 0 aromatic heterocycles. The summed E-state index contributed by atoms with van der Waals surface area (Å²) in [6.45, 7) is 6.16. The fraction of sp³-hybridized carbons (Fsp3) is 0.941. The Morgan fingerprint density at radius 1 is 1.20 bits per heavy atom. The van der Waals surface area contributed by atoms with Crippen LogP contribution in [0.5, 0.6) is 0 Å². The molecular weight excluding hydrogens is 250 g/mol. The Morgan fingerprint density at radius 2 is 1.90 bits per heavy atom. The molecule has 2 fully saturated rings. The van der Waals surface area contributed by atoms with Gasteiger partial charge in [-0.1, -0.05) is 33.1 Å². The maximum atomic E-state index is 11.7. The molecule has 2 aliphatic rings. The molecule has 0 aromatic rings. The first-order chi connectivity index (χ1) is 9.61. The number of hydrogen-bond donors (Lipinski definition) is 1. The van der Waals surface area contributed by atoms with Crippen LogP contribution in [0.1, 0.15) is 71.6 Å². The van der Waals surface area contributed by atoms with Crippen molar-refractivity contribution >= 4 is 5.97 Å². The lowest BCUT2D eigenvalue weighted by atomic mass is 9.81. The van der Waals surface area contributed by atoms with Crippen LogP contribution in [0, 0.1) is 11.3 Å². The third-order valence-corrected chi connectivity index (χ3v) is 5.60. The fourth-order valence-corrected chi connectivity index (χ4v) is 4.39. The van der Waals surface area contributed by atoms with Crippen molar-refractivity contribution in [3.8, 4) is 0 Å². The van der Waals surface area contributed by atoms with E-state index in [9.17, 15) is 9.90 Å². The third kappa shape index (κ3) is 3.36. The zero-order valence-electron chi connectivity index (χ0n) is 13.2. The molecule has 1 unspecified atom stereocenters. The summed E-state index contributed by atoms with van der Waals surface area (Å²) in [5.41, 5.74) is -0.449. The van der Waals surface area contributed by atoms with Gasteiger partial charge in [0.15, 0.2) is 0 Å². The minimum absolute atomic E-state index is 0.449. The molecule has 0 bridgehead atoms. The van der Waals surface area contributed by atoms with Crippen LogP contribution in [-0.2, 0) is 4.79 Å². The van der Waals surface area contributed by atoms with Crippen molar-refractivity contribution in [1.29, 1.82) is 0 Å². The number of nitrogens with zero attached hydrogens (tertiary/aromatic N) is 1. The van der Waals surface area contributed by atoms with Crippen LogP contribution in [0.3, 0.4) is 0 Å². The first-order valence-electron chi connectivity index (χ1n) is 8.58. The summed E-state index contributed by atoms with van der Waals surface area (Å²) in [7, 11) is 0. The summed E-state index contributed by atoms with van der Waals surface area (Å²) in [5.74, 6) is 0.361. The second kappa shape index (κ2) is 6.93. The summed E-state index contributed by atoms with van der Waals surface area (Å²) < 4.78 is 0. The van der Waals surface area contributed by atoms with Gasteiger partial charge >= 0.3 is 5.97 Å². The Balaban J connectivity index is 1.88. The van der Waals surface area contributed by atoms with E-state index in [-0.39, 0.29) is 0 Å².